The molecule has 0 bridgehead atoms. The summed E-state index contributed by atoms with van der Waals surface area (Å²) in [6.07, 6.45) is 1.52. The van der Waals surface area contributed by atoms with E-state index >= 15 is 0 Å². The van der Waals surface area contributed by atoms with E-state index in [0.717, 1.165) is 17.4 Å². The first-order valence-electron chi connectivity index (χ1n) is 8.75. The second kappa shape index (κ2) is 6.36. The summed E-state index contributed by atoms with van der Waals surface area (Å²) < 4.78 is 5.27. The summed E-state index contributed by atoms with van der Waals surface area (Å²) in [4.78, 5) is 27.5. The van der Waals surface area contributed by atoms with Gasteiger partial charge in [0.05, 0.1) is 11.2 Å². The third-order valence-corrected chi connectivity index (χ3v) is 4.83. The summed E-state index contributed by atoms with van der Waals surface area (Å²) >= 11 is 0. The van der Waals surface area contributed by atoms with E-state index in [-0.39, 0.29) is 11.6 Å². The second-order valence-electron chi connectivity index (χ2n) is 8.14. The SMILES string of the molecule is CC(C)(C)OC(=O)NC1(C(O)c2cc3c(c(C#N)n2)CC(C=O)C3)CC1. The predicted molar refractivity (Wildman–Crippen MR) is 92.2 cm³/mol. The van der Waals surface area contributed by atoms with Crippen LogP contribution in [0.5, 0.6) is 0 Å². The molecule has 7 nitrogen and oxygen atoms in total. The van der Waals surface area contributed by atoms with Gasteiger partial charge in [-0.15, -0.1) is 0 Å². The van der Waals surface area contributed by atoms with Crippen molar-refractivity contribution in [2.75, 3.05) is 0 Å². The molecule has 1 fully saturated rings. The van der Waals surface area contributed by atoms with Crippen molar-refractivity contribution in [1.82, 2.24) is 10.3 Å². The molecule has 2 unspecified atom stereocenters. The Morgan fingerprint density at radius 1 is 1.50 bits per heavy atom. The maximum Gasteiger partial charge on any atom is 0.408 e. The molecule has 0 aromatic carbocycles. The summed E-state index contributed by atoms with van der Waals surface area (Å²) in [6, 6.07) is 3.81. The van der Waals surface area contributed by atoms with Gasteiger partial charge < -0.3 is 20.0 Å². The Morgan fingerprint density at radius 3 is 2.73 bits per heavy atom. The number of amides is 1. The number of aromatic nitrogens is 1. The molecule has 1 aromatic heterocycles. The second-order valence-corrected chi connectivity index (χ2v) is 8.14. The number of nitrogens with zero attached hydrogens (tertiary/aromatic N) is 2. The first-order valence-corrected chi connectivity index (χ1v) is 8.75. The Hall–Kier alpha value is -2.46. The van der Waals surface area contributed by atoms with Crippen LogP contribution < -0.4 is 5.32 Å². The Kier molecular flexibility index (Phi) is 4.49. The van der Waals surface area contributed by atoms with Crippen molar-refractivity contribution in [2.45, 2.75) is 63.7 Å². The normalized spacial score (nSPS) is 21.3. The highest BCUT2D eigenvalue weighted by atomic mass is 16.6. The van der Waals surface area contributed by atoms with Gasteiger partial charge >= 0.3 is 6.09 Å². The average Bonchev–Trinajstić information content (AvgIpc) is 3.20. The van der Waals surface area contributed by atoms with Gasteiger partial charge in [-0.05, 0) is 63.6 Å². The summed E-state index contributed by atoms with van der Waals surface area (Å²) in [6.45, 7) is 5.31. The maximum absolute atomic E-state index is 12.1. The van der Waals surface area contributed by atoms with Crippen LogP contribution in [0.3, 0.4) is 0 Å². The summed E-state index contributed by atoms with van der Waals surface area (Å²) in [7, 11) is 0. The van der Waals surface area contributed by atoms with Crippen LogP contribution in [0.1, 0.15) is 62.2 Å². The van der Waals surface area contributed by atoms with Gasteiger partial charge in [0, 0.05) is 5.92 Å². The predicted octanol–water partition coefficient (Wildman–Crippen LogP) is 1.96. The summed E-state index contributed by atoms with van der Waals surface area (Å²) in [5, 5.41) is 23.0. The number of ether oxygens (including phenoxy) is 1. The highest BCUT2D eigenvalue weighted by molar-refractivity contribution is 5.69. The number of aliphatic hydroxyl groups is 1. The van der Waals surface area contributed by atoms with E-state index in [1.54, 1.807) is 26.8 Å². The molecule has 3 rings (SSSR count). The molecule has 1 amide bonds. The number of fused-ring (bicyclic) bond motifs is 1. The largest absolute Gasteiger partial charge is 0.444 e. The van der Waals surface area contributed by atoms with E-state index in [1.807, 2.05) is 0 Å². The third kappa shape index (κ3) is 3.56. The van der Waals surface area contributed by atoms with Crippen LogP contribution >= 0.6 is 0 Å². The van der Waals surface area contributed by atoms with Crippen molar-refractivity contribution in [2.24, 2.45) is 5.92 Å². The highest BCUT2D eigenvalue weighted by Gasteiger charge is 2.52. The average molecular weight is 357 g/mol. The highest BCUT2D eigenvalue weighted by Crippen LogP contribution is 2.46. The maximum atomic E-state index is 12.1. The molecule has 2 atom stereocenters. The molecule has 1 saturated carbocycles. The van der Waals surface area contributed by atoms with Crippen LogP contribution in [0.25, 0.3) is 0 Å². The molecular formula is C19H23N3O4. The molecule has 1 aromatic rings. The van der Waals surface area contributed by atoms with Gasteiger partial charge in [-0.1, -0.05) is 0 Å². The van der Waals surface area contributed by atoms with Crippen molar-refractivity contribution < 1.29 is 19.4 Å². The lowest BCUT2D eigenvalue weighted by molar-refractivity contribution is -0.110. The zero-order valence-electron chi connectivity index (χ0n) is 15.2. The van der Waals surface area contributed by atoms with Crippen LogP contribution in [0.15, 0.2) is 6.07 Å². The summed E-state index contributed by atoms with van der Waals surface area (Å²) in [5.41, 5.74) is 0.795. The topological polar surface area (TPSA) is 112 Å². The van der Waals surface area contributed by atoms with Crippen LogP contribution in [0, 0.1) is 17.2 Å². The number of aliphatic hydroxyl groups excluding tert-OH is 1. The number of hydrogen-bond donors (Lipinski definition) is 2. The lowest BCUT2D eigenvalue weighted by Gasteiger charge is -2.26. The van der Waals surface area contributed by atoms with E-state index in [9.17, 15) is 20.0 Å². The van der Waals surface area contributed by atoms with Crippen LogP contribution in [-0.4, -0.2) is 33.6 Å². The number of hydrogen-bond acceptors (Lipinski definition) is 6. The number of aldehydes is 1. The zero-order chi connectivity index (χ0) is 19.1. The quantitative estimate of drug-likeness (QED) is 0.797. The Morgan fingerprint density at radius 2 is 2.19 bits per heavy atom. The van der Waals surface area contributed by atoms with Crippen molar-refractivity contribution in [1.29, 1.82) is 5.26 Å². The number of nitriles is 1. The molecule has 0 aliphatic heterocycles. The van der Waals surface area contributed by atoms with Gasteiger partial charge in [0.2, 0.25) is 0 Å². The minimum atomic E-state index is -1.04. The molecule has 0 saturated heterocycles. The molecular weight excluding hydrogens is 334 g/mol. The Bertz CT molecular complexity index is 787. The fraction of sp³-hybridized carbons (Fsp3) is 0.579. The Balaban J connectivity index is 1.82. The smallest absolute Gasteiger partial charge is 0.408 e. The Labute approximate surface area is 152 Å². The first kappa shape index (κ1) is 18.3. The minimum absolute atomic E-state index is 0.152. The number of rotatable bonds is 4. The fourth-order valence-electron chi connectivity index (χ4n) is 3.39. The summed E-state index contributed by atoms with van der Waals surface area (Å²) in [5.74, 6) is -0.152. The molecule has 1 heterocycles. The molecule has 2 N–H and O–H groups in total. The van der Waals surface area contributed by atoms with Crippen molar-refractivity contribution in [3.05, 3.63) is 28.6 Å². The van der Waals surface area contributed by atoms with E-state index in [1.165, 1.54) is 0 Å². The van der Waals surface area contributed by atoms with Crippen LogP contribution in [0.2, 0.25) is 0 Å². The number of nitrogens with one attached hydrogen (secondary N) is 1. The van der Waals surface area contributed by atoms with E-state index in [2.05, 4.69) is 16.4 Å². The van der Waals surface area contributed by atoms with E-state index in [0.29, 0.717) is 31.4 Å². The van der Waals surface area contributed by atoms with Gasteiger partial charge in [-0.3, -0.25) is 0 Å². The zero-order valence-corrected chi connectivity index (χ0v) is 15.2. The monoisotopic (exact) mass is 357 g/mol. The number of pyridine rings is 1. The van der Waals surface area contributed by atoms with Crippen LogP contribution in [-0.2, 0) is 22.4 Å². The molecule has 2 aliphatic rings. The number of alkyl carbamates (subject to hydrolysis) is 1. The van der Waals surface area contributed by atoms with E-state index in [4.69, 9.17) is 4.74 Å². The molecule has 0 spiro atoms. The molecule has 2 aliphatic carbocycles. The standard InChI is InChI=1S/C19H23N3O4/c1-18(2,3)26-17(25)22-19(4-5-19)16(24)14-8-12-6-11(10-23)7-13(12)15(9-20)21-14/h8,10-11,16,24H,4-7H2,1-3H3,(H,22,25). The first-order chi connectivity index (χ1) is 12.2. The minimum Gasteiger partial charge on any atom is -0.444 e. The van der Waals surface area contributed by atoms with Gasteiger partial charge in [-0.2, -0.15) is 5.26 Å². The lowest BCUT2D eigenvalue weighted by Crippen LogP contribution is -2.44. The number of carbonyl (C=O) groups is 2. The van der Waals surface area contributed by atoms with Crippen LogP contribution in [0.4, 0.5) is 4.79 Å². The lowest BCUT2D eigenvalue weighted by atomic mass is 10.0. The van der Waals surface area contributed by atoms with Crippen molar-refractivity contribution in [3.63, 3.8) is 0 Å². The fourth-order valence-corrected chi connectivity index (χ4v) is 3.39. The third-order valence-electron chi connectivity index (χ3n) is 4.83. The molecule has 7 heteroatoms. The molecule has 26 heavy (non-hydrogen) atoms. The van der Waals surface area contributed by atoms with Gasteiger partial charge in [0.25, 0.3) is 0 Å². The van der Waals surface area contributed by atoms with Gasteiger partial charge in [0.15, 0.2) is 0 Å². The van der Waals surface area contributed by atoms with Crippen molar-refractivity contribution in [3.8, 4) is 6.07 Å². The van der Waals surface area contributed by atoms with E-state index < -0.39 is 23.3 Å². The van der Waals surface area contributed by atoms with Crippen molar-refractivity contribution >= 4 is 12.4 Å². The van der Waals surface area contributed by atoms with Gasteiger partial charge in [-0.25, -0.2) is 9.78 Å². The molecule has 0 radical (unpaired) electrons. The number of carbonyl (C=O) groups excluding carboxylic acids is 2. The molecule has 138 valence electrons. The van der Waals surface area contributed by atoms with Gasteiger partial charge in [0.1, 0.15) is 29.8 Å².